The van der Waals surface area contributed by atoms with Gasteiger partial charge in [0, 0.05) is 14.5 Å². The van der Waals surface area contributed by atoms with Gasteiger partial charge in [-0.1, -0.05) is 37.9 Å². The van der Waals surface area contributed by atoms with Crippen LogP contribution in [-0.2, 0) is 6.61 Å². The maximum absolute atomic E-state index is 13.0. The zero-order valence-corrected chi connectivity index (χ0v) is 12.9. The summed E-state index contributed by atoms with van der Waals surface area (Å²) in [6.07, 6.45) is 0.736. The van der Waals surface area contributed by atoms with Gasteiger partial charge in [-0.05, 0) is 30.3 Å². The molecule has 0 aliphatic rings. The van der Waals surface area contributed by atoms with Crippen molar-refractivity contribution in [3.63, 3.8) is 0 Å². The molecule has 0 heterocycles. The molecule has 2 aromatic carbocycles. The summed E-state index contributed by atoms with van der Waals surface area (Å²) in [7, 11) is 0. The largest absolute Gasteiger partial charge is 0.488 e. The third-order valence-corrected chi connectivity index (χ3v) is 3.73. The molecule has 0 aliphatic carbocycles. The first kappa shape index (κ1) is 14.2. The zero-order valence-electron chi connectivity index (χ0n) is 9.70. The lowest BCUT2D eigenvalue weighted by atomic mass is 10.2. The first-order valence-electron chi connectivity index (χ1n) is 5.41. The highest BCUT2D eigenvalue weighted by atomic mass is 79.9. The average Bonchev–Trinajstić information content (AvgIpc) is 2.39. The summed E-state index contributed by atoms with van der Waals surface area (Å²) in [5, 5.41) is 0. The SMILES string of the molecule is O=Cc1cc(Br)ccc1OCc1ccc(F)cc1Br. The molecule has 0 aliphatic heterocycles. The summed E-state index contributed by atoms with van der Waals surface area (Å²) in [6.45, 7) is 0.253. The standard InChI is InChI=1S/C14H9Br2FO2/c15-11-2-4-14(10(5-11)7-18)19-8-9-1-3-12(17)6-13(9)16/h1-7H,8H2. The summed E-state index contributed by atoms with van der Waals surface area (Å²) in [5.41, 5.74) is 1.27. The highest BCUT2D eigenvalue weighted by Gasteiger charge is 2.06. The molecule has 0 bridgehead atoms. The Kier molecular flexibility index (Phi) is 4.71. The van der Waals surface area contributed by atoms with Crippen molar-refractivity contribution in [2.45, 2.75) is 6.61 Å². The molecular formula is C14H9Br2FO2. The third-order valence-electron chi connectivity index (χ3n) is 2.50. The lowest BCUT2D eigenvalue weighted by Crippen LogP contribution is -1.99. The predicted molar refractivity (Wildman–Crippen MR) is 78.0 cm³/mol. The minimum absolute atomic E-state index is 0.253. The van der Waals surface area contributed by atoms with Crippen molar-refractivity contribution in [2.24, 2.45) is 0 Å². The van der Waals surface area contributed by atoms with Crippen LogP contribution in [-0.4, -0.2) is 6.29 Å². The number of carbonyl (C=O) groups is 1. The lowest BCUT2D eigenvalue weighted by Gasteiger charge is -2.10. The summed E-state index contributed by atoms with van der Waals surface area (Å²) >= 11 is 6.56. The number of hydrogen-bond donors (Lipinski definition) is 0. The van der Waals surface area contributed by atoms with E-state index in [0.29, 0.717) is 15.8 Å². The van der Waals surface area contributed by atoms with Crippen molar-refractivity contribution < 1.29 is 13.9 Å². The van der Waals surface area contributed by atoms with Gasteiger partial charge in [0.1, 0.15) is 18.2 Å². The summed E-state index contributed by atoms with van der Waals surface area (Å²) in [5.74, 6) is 0.183. The van der Waals surface area contributed by atoms with Gasteiger partial charge in [0.25, 0.3) is 0 Å². The van der Waals surface area contributed by atoms with Crippen LogP contribution in [0.1, 0.15) is 15.9 Å². The van der Waals surface area contributed by atoms with Crippen molar-refractivity contribution in [3.8, 4) is 5.75 Å². The minimum atomic E-state index is -0.312. The van der Waals surface area contributed by atoms with E-state index in [9.17, 15) is 9.18 Å². The van der Waals surface area contributed by atoms with Gasteiger partial charge in [0.15, 0.2) is 6.29 Å². The van der Waals surface area contributed by atoms with E-state index >= 15 is 0 Å². The summed E-state index contributed by atoms with van der Waals surface area (Å²) in [6, 6.07) is 9.57. The number of rotatable bonds is 4. The van der Waals surface area contributed by atoms with E-state index in [1.54, 1.807) is 24.3 Å². The molecule has 0 amide bonds. The van der Waals surface area contributed by atoms with E-state index in [-0.39, 0.29) is 12.4 Å². The Hall–Kier alpha value is -1.20. The van der Waals surface area contributed by atoms with Crippen LogP contribution < -0.4 is 4.74 Å². The Labute approximate surface area is 126 Å². The van der Waals surface area contributed by atoms with Crippen LogP contribution >= 0.6 is 31.9 Å². The molecule has 2 nitrogen and oxygen atoms in total. The molecule has 0 saturated carbocycles. The van der Waals surface area contributed by atoms with Crippen LogP contribution in [0.2, 0.25) is 0 Å². The van der Waals surface area contributed by atoms with Crippen molar-refractivity contribution in [1.82, 2.24) is 0 Å². The van der Waals surface area contributed by atoms with Gasteiger partial charge in [-0.2, -0.15) is 0 Å². The second kappa shape index (κ2) is 6.30. The molecule has 2 rings (SSSR count). The quantitative estimate of drug-likeness (QED) is 0.708. The van der Waals surface area contributed by atoms with E-state index in [1.807, 2.05) is 0 Å². The van der Waals surface area contributed by atoms with Crippen molar-refractivity contribution in [1.29, 1.82) is 0 Å². The first-order valence-corrected chi connectivity index (χ1v) is 7.00. The Bertz CT molecular complexity index is 614. The third kappa shape index (κ3) is 3.64. The molecular weight excluding hydrogens is 379 g/mol. The predicted octanol–water partition coefficient (Wildman–Crippen LogP) is 4.74. The van der Waals surface area contributed by atoms with Crippen LogP contribution in [0.3, 0.4) is 0 Å². The second-order valence-electron chi connectivity index (χ2n) is 3.82. The maximum Gasteiger partial charge on any atom is 0.153 e. The zero-order chi connectivity index (χ0) is 13.8. The first-order chi connectivity index (χ1) is 9.10. The maximum atomic E-state index is 13.0. The number of benzene rings is 2. The van der Waals surface area contributed by atoms with E-state index < -0.39 is 0 Å². The number of ether oxygens (including phenoxy) is 1. The van der Waals surface area contributed by atoms with Crippen molar-refractivity contribution >= 4 is 38.1 Å². The Morgan fingerprint density at radius 2 is 1.95 bits per heavy atom. The van der Waals surface area contributed by atoms with Gasteiger partial charge >= 0.3 is 0 Å². The van der Waals surface area contributed by atoms with E-state index in [1.165, 1.54) is 12.1 Å². The molecule has 0 fully saturated rings. The highest BCUT2D eigenvalue weighted by Crippen LogP contribution is 2.24. The minimum Gasteiger partial charge on any atom is -0.488 e. The number of halogens is 3. The van der Waals surface area contributed by atoms with Crippen molar-refractivity contribution in [2.75, 3.05) is 0 Å². The number of aldehydes is 1. The summed E-state index contributed by atoms with van der Waals surface area (Å²) < 4.78 is 20.0. The molecule has 0 radical (unpaired) electrons. The summed E-state index contributed by atoms with van der Waals surface area (Å²) in [4.78, 5) is 10.9. The van der Waals surface area contributed by atoms with Crippen LogP contribution in [0.25, 0.3) is 0 Å². The van der Waals surface area contributed by atoms with Crippen LogP contribution in [0.5, 0.6) is 5.75 Å². The van der Waals surface area contributed by atoms with Crippen LogP contribution in [0.15, 0.2) is 45.3 Å². The van der Waals surface area contributed by atoms with Crippen LogP contribution in [0.4, 0.5) is 4.39 Å². The Balaban J connectivity index is 2.16. The highest BCUT2D eigenvalue weighted by molar-refractivity contribution is 9.10. The monoisotopic (exact) mass is 386 g/mol. The van der Waals surface area contributed by atoms with E-state index in [4.69, 9.17) is 4.74 Å². The molecule has 0 unspecified atom stereocenters. The average molecular weight is 388 g/mol. The fourth-order valence-corrected chi connectivity index (χ4v) is 2.38. The normalized spacial score (nSPS) is 10.3. The fourth-order valence-electron chi connectivity index (χ4n) is 1.54. The van der Waals surface area contributed by atoms with Gasteiger partial charge in [-0.15, -0.1) is 0 Å². The molecule has 5 heteroatoms. The molecule has 0 saturated heterocycles. The molecule has 19 heavy (non-hydrogen) atoms. The Morgan fingerprint density at radius 3 is 2.63 bits per heavy atom. The molecule has 0 atom stereocenters. The number of hydrogen-bond acceptors (Lipinski definition) is 2. The van der Waals surface area contributed by atoms with Gasteiger partial charge in [0.2, 0.25) is 0 Å². The lowest BCUT2D eigenvalue weighted by molar-refractivity contribution is 0.111. The van der Waals surface area contributed by atoms with E-state index in [2.05, 4.69) is 31.9 Å². The van der Waals surface area contributed by atoms with Gasteiger partial charge in [-0.25, -0.2) is 4.39 Å². The molecule has 0 aromatic heterocycles. The molecule has 0 N–H and O–H groups in total. The number of carbonyl (C=O) groups excluding carboxylic acids is 1. The molecule has 98 valence electrons. The van der Waals surface area contributed by atoms with Crippen LogP contribution in [0, 0.1) is 5.82 Å². The smallest absolute Gasteiger partial charge is 0.153 e. The van der Waals surface area contributed by atoms with E-state index in [0.717, 1.165) is 16.3 Å². The fraction of sp³-hybridized carbons (Fsp3) is 0.0714. The second-order valence-corrected chi connectivity index (χ2v) is 5.59. The van der Waals surface area contributed by atoms with Crippen molar-refractivity contribution in [3.05, 3.63) is 62.3 Å². The molecule has 2 aromatic rings. The Morgan fingerprint density at radius 1 is 1.16 bits per heavy atom. The van der Waals surface area contributed by atoms with Gasteiger partial charge in [0.05, 0.1) is 5.56 Å². The topological polar surface area (TPSA) is 26.3 Å². The molecule has 0 spiro atoms. The van der Waals surface area contributed by atoms with Gasteiger partial charge < -0.3 is 4.74 Å². The van der Waals surface area contributed by atoms with Gasteiger partial charge in [-0.3, -0.25) is 4.79 Å².